The normalized spacial score (nSPS) is 14.9. The summed E-state index contributed by atoms with van der Waals surface area (Å²) in [6.07, 6.45) is 2.94. The first kappa shape index (κ1) is 13.6. The molecule has 0 fully saturated rings. The second kappa shape index (κ2) is 4.86. The quantitative estimate of drug-likeness (QED) is 0.620. The second-order valence-corrected chi connectivity index (χ2v) is 6.46. The summed E-state index contributed by atoms with van der Waals surface area (Å²) in [7, 11) is -3.80. The topological polar surface area (TPSA) is 106 Å². The zero-order valence-corrected chi connectivity index (χ0v) is 11.5. The summed E-state index contributed by atoms with van der Waals surface area (Å²) in [6, 6.07) is 5.01. The van der Waals surface area contributed by atoms with Crippen molar-refractivity contribution in [2.45, 2.75) is 18.0 Å². The first-order valence-corrected chi connectivity index (χ1v) is 7.45. The molecule has 0 atom stereocenters. The maximum Gasteiger partial charge on any atom is 0.270 e. The van der Waals surface area contributed by atoms with Crippen LogP contribution in [-0.2, 0) is 23.1 Å². The van der Waals surface area contributed by atoms with E-state index in [0.29, 0.717) is 5.69 Å². The lowest BCUT2D eigenvalue weighted by molar-refractivity contribution is -0.385. The molecular formula is C12H10N4O4S. The van der Waals surface area contributed by atoms with E-state index in [9.17, 15) is 18.5 Å². The van der Waals surface area contributed by atoms with E-state index < -0.39 is 14.9 Å². The predicted molar refractivity (Wildman–Crippen MR) is 71.6 cm³/mol. The highest BCUT2D eigenvalue weighted by molar-refractivity contribution is 7.89. The van der Waals surface area contributed by atoms with Gasteiger partial charge in [0.15, 0.2) is 0 Å². The molecule has 1 aliphatic rings. The molecule has 108 valence electrons. The number of hydrogen-bond acceptors (Lipinski definition) is 6. The third kappa shape index (κ3) is 2.36. The van der Waals surface area contributed by atoms with E-state index in [0.717, 1.165) is 11.6 Å². The van der Waals surface area contributed by atoms with E-state index in [-0.39, 0.29) is 23.7 Å². The molecule has 0 saturated carbocycles. The fraction of sp³-hybridized carbons (Fsp3) is 0.167. The fourth-order valence-electron chi connectivity index (χ4n) is 2.15. The molecule has 9 heteroatoms. The highest BCUT2D eigenvalue weighted by Crippen LogP contribution is 2.28. The Bertz CT molecular complexity index is 797. The van der Waals surface area contributed by atoms with Gasteiger partial charge in [0.2, 0.25) is 10.0 Å². The van der Waals surface area contributed by atoms with Crippen LogP contribution >= 0.6 is 0 Å². The molecule has 2 heterocycles. The van der Waals surface area contributed by atoms with Crippen LogP contribution in [0.3, 0.4) is 0 Å². The van der Waals surface area contributed by atoms with E-state index in [1.807, 2.05) is 0 Å². The van der Waals surface area contributed by atoms with Gasteiger partial charge in [-0.15, -0.1) is 0 Å². The molecule has 0 aliphatic carbocycles. The van der Waals surface area contributed by atoms with E-state index in [1.165, 1.54) is 28.8 Å². The van der Waals surface area contributed by atoms with Crippen LogP contribution in [0.5, 0.6) is 0 Å². The Labute approximate surface area is 120 Å². The number of sulfonamides is 1. The van der Waals surface area contributed by atoms with Gasteiger partial charge >= 0.3 is 0 Å². The van der Waals surface area contributed by atoms with Crippen LogP contribution in [0.1, 0.15) is 11.3 Å². The van der Waals surface area contributed by atoms with Crippen molar-refractivity contribution < 1.29 is 13.3 Å². The highest BCUT2D eigenvalue weighted by Gasteiger charge is 2.32. The lowest BCUT2D eigenvalue weighted by Gasteiger charge is -2.15. The monoisotopic (exact) mass is 306 g/mol. The molecule has 0 spiro atoms. The molecule has 1 aliphatic heterocycles. The predicted octanol–water partition coefficient (Wildman–Crippen LogP) is 1.09. The zero-order chi connectivity index (χ0) is 15.0. The van der Waals surface area contributed by atoms with Crippen LogP contribution in [0.15, 0.2) is 41.7 Å². The number of fused-ring (bicyclic) bond motifs is 1. The van der Waals surface area contributed by atoms with Gasteiger partial charge in [-0.2, -0.15) is 4.31 Å². The number of nitro benzene ring substituents is 1. The molecule has 21 heavy (non-hydrogen) atoms. The van der Waals surface area contributed by atoms with E-state index >= 15 is 0 Å². The van der Waals surface area contributed by atoms with Crippen LogP contribution in [0.25, 0.3) is 0 Å². The molecule has 3 rings (SSSR count). The van der Waals surface area contributed by atoms with Crippen molar-refractivity contribution in [1.29, 1.82) is 0 Å². The molecule has 0 N–H and O–H groups in total. The molecule has 1 aromatic heterocycles. The van der Waals surface area contributed by atoms with Gasteiger partial charge < -0.3 is 0 Å². The van der Waals surface area contributed by atoms with Crippen molar-refractivity contribution >= 4 is 15.7 Å². The summed E-state index contributed by atoms with van der Waals surface area (Å²) in [6.45, 7) is 0.310. The van der Waals surface area contributed by atoms with Crippen molar-refractivity contribution in [2.24, 2.45) is 0 Å². The number of hydrogen-bond donors (Lipinski definition) is 0. The summed E-state index contributed by atoms with van der Waals surface area (Å²) in [5, 5.41) is 10.8. The van der Waals surface area contributed by atoms with Gasteiger partial charge in [0.1, 0.15) is 6.33 Å². The molecule has 0 unspecified atom stereocenters. The number of nitro groups is 1. The minimum absolute atomic E-state index is 0.0996. The highest BCUT2D eigenvalue weighted by atomic mass is 32.2. The van der Waals surface area contributed by atoms with E-state index in [2.05, 4.69) is 9.97 Å². The third-order valence-electron chi connectivity index (χ3n) is 3.22. The first-order valence-electron chi connectivity index (χ1n) is 6.01. The summed E-state index contributed by atoms with van der Waals surface area (Å²) in [5.41, 5.74) is 1.14. The summed E-state index contributed by atoms with van der Waals surface area (Å²) in [4.78, 5) is 17.9. The molecule has 0 saturated heterocycles. The number of rotatable bonds is 3. The third-order valence-corrected chi connectivity index (χ3v) is 5.01. The van der Waals surface area contributed by atoms with Crippen molar-refractivity contribution in [2.75, 3.05) is 0 Å². The minimum Gasteiger partial charge on any atom is -0.258 e. The first-order chi connectivity index (χ1) is 9.98. The maximum atomic E-state index is 12.5. The molecule has 2 aromatic rings. The largest absolute Gasteiger partial charge is 0.270 e. The van der Waals surface area contributed by atoms with E-state index in [1.54, 1.807) is 6.20 Å². The number of nitrogens with zero attached hydrogens (tertiary/aromatic N) is 4. The standard InChI is InChI=1S/C12H10N4O4S/c17-16(18)10-2-1-3-11(4-10)21(19,20)15-6-9-5-13-8-14-12(9)7-15/h1-5,8H,6-7H2. The molecular weight excluding hydrogens is 296 g/mol. The Morgan fingerprint density at radius 1 is 1.29 bits per heavy atom. The Morgan fingerprint density at radius 2 is 2.10 bits per heavy atom. The van der Waals surface area contributed by atoms with Crippen LogP contribution in [-0.4, -0.2) is 27.6 Å². The summed E-state index contributed by atoms with van der Waals surface area (Å²) >= 11 is 0. The molecule has 0 amide bonds. The smallest absolute Gasteiger partial charge is 0.258 e. The average Bonchev–Trinajstić information content (AvgIpc) is 2.92. The number of benzene rings is 1. The van der Waals surface area contributed by atoms with Gasteiger partial charge in [-0.25, -0.2) is 18.4 Å². The number of non-ortho nitro benzene ring substituents is 1. The van der Waals surface area contributed by atoms with Gasteiger partial charge in [0.25, 0.3) is 5.69 Å². The van der Waals surface area contributed by atoms with Crippen LogP contribution in [0.2, 0.25) is 0 Å². The zero-order valence-electron chi connectivity index (χ0n) is 10.7. The minimum atomic E-state index is -3.80. The van der Waals surface area contributed by atoms with Gasteiger partial charge in [-0.05, 0) is 6.07 Å². The SMILES string of the molecule is O=[N+]([O-])c1cccc(S(=O)(=O)N2Cc3cncnc3C2)c1. The molecule has 0 radical (unpaired) electrons. The molecule has 8 nitrogen and oxygen atoms in total. The van der Waals surface area contributed by atoms with Gasteiger partial charge in [-0.3, -0.25) is 10.1 Å². The van der Waals surface area contributed by atoms with Crippen LogP contribution in [0, 0.1) is 10.1 Å². The second-order valence-electron chi connectivity index (χ2n) is 4.52. The average molecular weight is 306 g/mol. The summed E-state index contributed by atoms with van der Waals surface area (Å²) < 4.78 is 26.3. The van der Waals surface area contributed by atoms with Crippen LogP contribution < -0.4 is 0 Å². The fourth-order valence-corrected chi connectivity index (χ4v) is 3.57. The van der Waals surface area contributed by atoms with E-state index in [4.69, 9.17) is 0 Å². The van der Waals surface area contributed by atoms with Crippen molar-refractivity contribution in [3.63, 3.8) is 0 Å². The maximum absolute atomic E-state index is 12.5. The van der Waals surface area contributed by atoms with Crippen molar-refractivity contribution in [3.05, 3.63) is 58.2 Å². The van der Waals surface area contributed by atoms with Crippen molar-refractivity contribution in [1.82, 2.24) is 14.3 Å². The Kier molecular flexibility index (Phi) is 3.15. The van der Waals surface area contributed by atoms with Gasteiger partial charge in [-0.1, -0.05) is 6.07 Å². The lowest BCUT2D eigenvalue weighted by Crippen LogP contribution is -2.25. The van der Waals surface area contributed by atoms with Crippen molar-refractivity contribution in [3.8, 4) is 0 Å². The molecule has 1 aromatic carbocycles. The lowest BCUT2D eigenvalue weighted by atomic mass is 10.3. The Balaban J connectivity index is 1.96. The number of aromatic nitrogens is 2. The summed E-state index contributed by atoms with van der Waals surface area (Å²) in [5.74, 6) is 0. The van der Waals surface area contributed by atoms with Crippen LogP contribution in [0.4, 0.5) is 5.69 Å². The Hall–Kier alpha value is -2.39. The molecule has 0 bridgehead atoms. The van der Waals surface area contributed by atoms with Gasteiger partial charge in [0, 0.05) is 30.4 Å². The Morgan fingerprint density at radius 3 is 2.81 bits per heavy atom. The van der Waals surface area contributed by atoms with Gasteiger partial charge in [0.05, 0.1) is 22.1 Å².